The van der Waals surface area contributed by atoms with Crippen molar-refractivity contribution in [1.82, 2.24) is 30.6 Å². The lowest BCUT2D eigenvalue weighted by Crippen LogP contribution is -2.37. The van der Waals surface area contributed by atoms with Gasteiger partial charge in [-0.05, 0) is 12.5 Å². The Bertz CT molecular complexity index is 532. The fraction of sp³-hybridized carbons (Fsp3) is 0.500. The largest absolute Gasteiger partial charge is 0.356 e. The SMILES string of the molecule is CN=C(NCCCn1cccn1)NCc1noc(C)n1. The van der Waals surface area contributed by atoms with Crippen LogP contribution in [0.15, 0.2) is 28.0 Å². The summed E-state index contributed by atoms with van der Waals surface area (Å²) in [6.45, 7) is 3.93. The van der Waals surface area contributed by atoms with E-state index >= 15 is 0 Å². The summed E-state index contributed by atoms with van der Waals surface area (Å²) in [5.41, 5.74) is 0. The maximum absolute atomic E-state index is 4.90. The van der Waals surface area contributed by atoms with Crippen molar-refractivity contribution in [2.75, 3.05) is 13.6 Å². The van der Waals surface area contributed by atoms with E-state index in [2.05, 4.69) is 30.9 Å². The molecule has 8 nitrogen and oxygen atoms in total. The van der Waals surface area contributed by atoms with Crippen LogP contribution in [-0.4, -0.2) is 39.5 Å². The lowest BCUT2D eigenvalue weighted by Gasteiger charge is -2.10. The average molecular weight is 277 g/mol. The van der Waals surface area contributed by atoms with Gasteiger partial charge >= 0.3 is 0 Å². The molecule has 0 atom stereocenters. The van der Waals surface area contributed by atoms with E-state index in [9.17, 15) is 0 Å². The van der Waals surface area contributed by atoms with Gasteiger partial charge < -0.3 is 15.2 Å². The number of nitrogens with zero attached hydrogens (tertiary/aromatic N) is 5. The van der Waals surface area contributed by atoms with Crippen LogP contribution in [0.25, 0.3) is 0 Å². The molecule has 20 heavy (non-hydrogen) atoms. The Morgan fingerprint density at radius 1 is 1.45 bits per heavy atom. The molecule has 2 heterocycles. The zero-order valence-corrected chi connectivity index (χ0v) is 11.7. The van der Waals surface area contributed by atoms with Crippen molar-refractivity contribution in [3.8, 4) is 0 Å². The molecule has 0 aliphatic rings. The normalized spacial score (nSPS) is 11.6. The zero-order chi connectivity index (χ0) is 14.2. The molecule has 108 valence electrons. The van der Waals surface area contributed by atoms with Gasteiger partial charge in [0.15, 0.2) is 11.8 Å². The Morgan fingerprint density at radius 2 is 2.35 bits per heavy atom. The number of aliphatic imine (C=N–C) groups is 1. The lowest BCUT2D eigenvalue weighted by atomic mass is 10.4. The highest BCUT2D eigenvalue weighted by molar-refractivity contribution is 5.79. The summed E-state index contributed by atoms with van der Waals surface area (Å²) in [6.07, 6.45) is 4.69. The number of aryl methyl sites for hydroxylation is 2. The highest BCUT2D eigenvalue weighted by atomic mass is 16.5. The third-order valence-electron chi connectivity index (χ3n) is 2.62. The second-order valence-electron chi connectivity index (χ2n) is 4.20. The Morgan fingerprint density at radius 3 is 3.00 bits per heavy atom. The van der Waals surface area contributed by atoms with Gasteiger partial charge in [0.1, 0.15) is 0 Å². The van der Waals surface area contributed by atoms with E-state index < -0.39 is 0 Å². The monoisotopic (exact) mass is 277 g/mol. The standard InChI is InChI=1S/C12H19N7O/c1-10-17-11(18-20-10)9-15-12(13-2)14-5-3-7-19-8-4-6-16-19/h4,6,8H,3,5,7,9H2,1-2H3,(H2,13,14,15). The fourth-order valence-corrected chi connectivity index (χ4v) is 1.68. The third kappa shape index (κ3) is 4.38. The van der Waals surface area contributed by atoms with Crippen LogP contribution in [0.4, 0.5) is 0 Å². The number of hydrogen-bond acceptors (Lipinski definition) is 5. The molecule has 0 unspecified atom stereocenters. The molecule has 2 aromatic rings. The van der Waals surface area contributed by atoms with Crippen molar-refractivity contribution < 1.29 is 4.52 Å². The van der Waals surface area contributed by atoms with E-state index in [1.54, 1.807) is 20.2 Å². The molecule has 0 aliphatic carbocycles. The van der Waals surface area contributed by atoms with Gasteiger partial charge in [0, 0.05) is 39.5 Å². The predicted octanol–water partition coefficient (Wildman–Crippen LogP) is 0.330. The molecule has 8 heteroatoms. The van der Waals surface area contributed by atoms with E-state index in [4.69, 9.17) is 4.52 Å². The van der Waals surface area contributed by atoms with Gasteiger partial charge in [-0.15, -0.1) is 0 Å². The summed E-state index contributed by atoms with van der Waals surface area (Å²) in [6, 6.07) is 1.92. The van der Waals surface area contributed by atoms with Crippen LogP contribution in [0, 0.1) is 6.92 Å². The smallest absolute Gasteiger partial charge is 0.223 e. The topological polar surface area (TPSA) is 93.2 Å². The highest BCUT2D eigenvalue weighted by Crippen LogP contribution is 1.93. The Hall–Kier alpha value is -2.38. The maximum Gasteiger partial charge on any atom is 0.223 e. The van der Waals surface area contributed by atoms with Gasteiger partial charge in [0.05, 0.1) is 6.54 Å². The van der Waals surface area contributed by atoms with E-state index in [0.717, 1.165) is 19.5 Å². The minimum absolute atomic E-state index is 0.482. The van der Waals surface area contributed by atoms with Gasteiger partial charge in [0.25, 0.3) is 0 Å². The molecular formula is C12H19N7O. The minimum atomic E-state index is 0.482. The van der Waals surface area contributed by atoms with E-state index in [1.807, 2.05) is 16.9 Å². The third-order valence-corrected chi connectivity index (χ3v) is 2.62. The number of aromatic nitrogens is 4. The van der Waals surface area contributed by atoms with Gasteiger partial charge in [-0.3, -0.25) is 9.67 Å². The lowest BCUT2D eigenvalue weighted by molar-refractivity contribution is 0.386. The molecular weight excluding hydrogens is 258 g/mol. The molecule has 0 saturated heterocycles. The molecule has 2 N–H and O–H groups in total. The zero-order valence-electron chi connectivity index (χ0n) is 11.7. The Kier molecular flexibility index (Phi) is 5.10. The maximum atomic E-state index is 4.90. The van der Waals surface area contributed by atoms with Crippen molar-refractivity contribution in [3.05, 3.63) is 30.2 Å². The van der Waals surface area contributed by atoms with Crippen molar-refractivity contribution in [3.63, 3.8) is 0 Å². The number of guanidine groups is 1. The summed E-state index contributed by atoms with van der Waals surface area (Å²) in [5, 5.41) is 14.3. The van der Waals surface area contributed by atoms with E-state index in [-0.39, 0.29) is 0 Å². The molecule has 0 aliphatic heterocycles. The van der Waals surface area contributed by atoms with Gasteiger partial charge in [-0.25, -0.2) is 0 Å². The van der Waals surface area contributed by atoms with Crippen molar-refractivity contribution in [2.45, 2.75) is 26.4 Å². The summed E-state index contributed by atoms with van der Waals surface area (Å²) < 4.78 is 6.80. The van der Waals surface area contributed by atoms with Gasteiger partial charge in [-0.2, -0.15) is 10.1 Å². The molecule has 2 aromatic heterocycles. The van der Waals surface area contributed by atoms with Crippen LogP contribution >= 0.6 is 0 Å². The van der Waals surface area contributed by atoms with Gasteiger partial charge in [0.2, 0.25) is 5.89 Å². The summed E-state index contributed by atoms with van der Waals surface area (Å²) >= 11 is 0. The number of nitrogens with one attached hydrogen (secondary N) is 2. The quantitative estimate of drug-likeness (QED) is 0.449. The van der Waals surface area contributed by atoms with Crippen molar-refractivity contribution in [1.29, 1.82) is 0 Å². The summed E-state index contributed by atoms with van der Waals surface area (Å²) in [5.74, 6) is 1.89. The van der Waals surface area contributed by atoms with Crippen LogP contribution < -0.4 is 10.6 Å². The Labute approximate surface area is 117 Å². The number of rotatable bonds is 6. The first kappa shape index (κ1) is 14.0. The molecule has 0 amide bonds. The van der Waals surface area contributed by atoms with Gasteiger partial charge in [-0.1, -0.05) is 5.16 Å². The van der Waals surface area contributed by atoms with Crippen LogP contribution in [0.3, 0.4) is 0 Å². The fourth-order valence-electron chi connectivity index (χ4n) is 1.68. The second-order valence-corrected chi connectivity index (χ2v) is 4.20. The van der Waals surface area contributed by atoms with Crippen LogP contribution in [-0.2, 0) is 13.1 Å². The first-order valence-corrected chi connectivity index (χ1v) is 6.49. The molecule has 2 rings (SSSR count). The molecule has 0 radical (unpaired) electrons. The van der Waals surface area contributed by atoms with Crippen molar-refractivity contribution in [2.24, 2.45) is 4.99 Å². The first-order valence-electron chi connectivity index (χ1n) is 6.49. The molecule has 0 bridgehead atoms. The highest BCUT2D eigenvalue weighted by Gasteiger charge is 2.03. The summed E-state index contributed by atoms with van der Waals surface area (Å²) in [7, 11) is 1.73. The summed E-state index contributed by atoms with van der Waals surface area (Å²) in [4.78, 5) is 8.24. The second kappa shape index (κ2) is 7.27. The van der Waals surface area contributed by atoms with Crippen LogP contribution in [0.5, 0.6) is 0 Å². The predicted molar refractivity (Wildman–Crippen MR) is 74.1 cm³/mol. The minimum Gasteiger partial charge on any atom is -0.356 e. The molecule has 0 spiro atoms. The average Bonchev–Trinajstić information content (AvgIpc) is 3.09. The first-order chi connectivity index (χ1) is 9.78. The molecule has 0 saturated carbocycles. The van der Waals surface area contributed by atoms with E-state index in [0.29, 0.717) is 24.2 Å². The van der Waals surface area contributed by atoms with E-state index in [1.165, 1.54) is 0 Å². The molecule has 0 fully saturated rings. The molecule has 0 aromatic carbocycles. The van der Waals surface area contributed by atoms with Crippen molar-refractivity contribution >= 4 is 5.96 Å². The Balaban J connectivity index is 1.65. The van der Waals surface area contributed by atoms with Crippen LogP contribution in [0.2, 0.25) is 0 Å². The number of hydrogen-bond donors (Lipinski definition) is 2. The van der Waals surface area contributed by atoms with Crippen LogP contribution in [0.1, 0.15) is 18.1 Å².